The van der Waals surface area contributed by atoms with E-state index in [0.717, 1.165) is 17.3 Å². The number of hydrogen-bond acceptors (Lipinski definition) is 3. The topological polar surface area (TPSA) is 30.7 Å². The normalized spacial score (nSPS) is 12.0. The van der Waals surface area contributed by atoms with E-state index in [9.17, 15) is 13.2 Å². The fourth-order valence-electron chi connectivity index (χ4n) is 1.11. The quantitative estimate of drug-likeness (QED) is 0.837. The van der Waals surface area contributed by atoms with Crippen molar-refractivity contribution in [3.05, 3.63) is 33.5 Å². The third-order valence-corrected chi connectivity index (χ3v) is 2.90. The van der Waals surface area contributed by atoms with Gasteiger partial charge in [-0.05, 0) is 0 Å². The summed E-state index contributed by atoms with van der Waals surface area (Å²) in [6, 6.07) is 0. The minimum absolute atomic E-state index is 0.237. The lowest BCUT2D eigenvalue weighted by Crippen LogP contribution is -2.03. The smallest absolute Gasteiger partial charge is 0.267 e. The first-order valence-electron chi connectivity index (χ1n) is 4.15. The Kier molecular flexibility index (Phi) is 2.90. The summed E-state index contributed by atoms with van der Waals surface area (Å²) in [5.74, 6) is 0. The van der Waals surface area contributed by atoms with Gasteiger partial charge in [-0.2, -0.15) is 18.3 Å². The predicted molar refractivity (Wildman–Crippen MR) is 53.5 cm³/mol. The number of nitrogens with zero attached hydrogens (tertiary/aromatic N) is 3. The fraction of sp³-hybridized carbons (Fsp3) is 0.250. The van der Waals surface area contributed by atoms with Crippen molar-refractivity contribution in [1.29, 1.82) is 0 Å². The van der Waals surface area contributed by atoms with Gasteiger partial charge in [0.05, 0.1) is 18.3 Å². The van der Waals surface area contributed by atoms with Gasteiger partial charge in [0.1, 0.15) is 0 Å². The first-order valence-corrected chi connectivity index (χ1v) is 5.34. The zero-order valence-electron chi connectivity index (χ0n) is 7.70. The van der Waals surface area contributed by atoms with Gasteiger partial charge in [-0.15, -0.1) is 11.3 Å². The number of aromatic nitrogens is 3. The zero-order chi connectivity index (χ0) is 11.8. The number of hydrogen-bond donors (Lipinski definition) is 0. The third kappa shape index (κ3) is 2.53. The molecule has 0 unspecified atom stereocenters. The van der Waals surface area contributed by atoms with E-state index < -0.39 is 11.7 Å². The van der Waals surface area contributed by atoms with Crippen LogP contribution in [0.1, 0.15) is 10.4 Å². The number of thiazole rings is 1. The van der Waals surface area contributed by atoms with Crippen molar-refractivity contribution in [3.63, 3.8) is 0 Å². The maximum Gasteiger partial charge on any atom is 0.419 e. The lowest BCUT2D eigenvalue weighted by molar-refractivity contribution is -0.137. The standard InChI is InChI=1S/C8H5ClF3N3S/c9-7-13-2-6(16-7)4-15-3-5(1-14-15)8(10,11)12/h1-3H,4H2. The van der Waals surface area contributed by atoms with E-state index in [1.807, 2.05) is 0 Å². The molecule has 0 atom stereocenters. The molecule has 0 spiro atoms. The van der Waals surface area contributed by atoms with Crippen molar-refractivity contribution in [1.82, 2.24) is 14.8 Å². The first-order chi connectivity index (χ1) is 7.45. The molecule has 0 aliphatic carbocycles. The SMILES string of the molecule is FC(F)(F)c1cnn(Cc2cnc(Cl)s2)c1. The molecule has 86 valence electrons. The molecule has 0 aliphatic rings. The van der Waals surface area contributed by atoms with Crippen LogP contribution in [0.5, 0.6) is 0 Å². The van der Waals surface area contributed by atoms with Crippen LogP contribution in [0.4, 0.5) is 13.2 Å². The maximum absolute atomic E-state index is 12.3. The minimum atomic E-state index is -4.36. The molecule has 0 N–H and O–H groups in total. The second kappa shape index (κ2) is 4.06. The van der Waals surface area contributed by atoms with Crippen LogP contribution < -0.4 is 0 Å². The second-order valence-electron chi connectivity index (χ2n) is 3.00. The summed E-state index contributed by atoms with van der Waals surface area (Å²) in [5, 5.41) is 3.62. The summed E-state index contributed by atoms with van der Waals surface area (Å²) >= 11 is 6.81. The van der Waals surface area contributed by atoms with Crippen molar-refractivity contribution in [2.24, 2.45) is 0 Å². The van der Waals surface area contributed by atoms with Crippen LogP contribution in [0.15, 0.2) is 18.6 Å². The molecule has 0 radical (unpaired) electrons. The van der Waals surface area contributed by atoms with Crippen LogP contribution in [0, 0.1) is 0 Å². The average molecular weight is 268 g/mol. The minimum Gasteiger partial charge on any atom is -0.267 e. The highest BCUT2D eigenvalue weighted by molar-refractivity contribution is 7.15. The van der Waals surface area contributed by atoms with Gasteiger partial charge >= 0.3 is 6.18 Å². The molecule has 2 aromatic heterocycles. The molecule has 0 fully saturated rings. The van der Waals surface area contributed by atoms with Crippen molar-refractivity contribution in [3.8, 4) is 0 Å². The summed E-state index contributed by atoms with van der Waals surface area (Å²) < 4.78 is 38.3. The molecule has 8 heteroatoms. The Hall–Kier alpha value is -1.08. The van der Waals surface area contributed by atoms with E-state index in [2.05, 4.69) is 10.1 Å². The van der Waals surface area contributed by atoms with Gasteiger partial charge in [0.15, 0.2) is 4.47 Å². The Bertz CT molecular complexity index is 491. The van der Waals surface area contributed by atoms with Crippen LogP contribution in [0.2, 0.25) is 4.47 Å². The van der Waals surface area contributed by atoms with Gasteiger partial charge in [-0.25, -0.2) is 4.98 Å². The largest absolute Gasteiger partial charge is 0.419 e. The van der Waals surface area contributed by atoms with Crippen molar-refractivity contribution in [2.45, 2.75) is 12.7 Å². The molecule has 0 aliphatic heterocycles. The molecule has 2 aromatic rings. The van der Waals surface area contributed by atoms with E-state index in [4.69, 9.17) is 11.6 Å². The first kappa shape index (κ1) is 11.4. The lowest BCUT2D eigenvalue weighted by Gasteiger charge is -2.00. The highest BCUT2D eigenvalue weighted by atomic mass is 35.5. The zero-order valence-corrected chi connectivity index (χ0v) is 9.27. The van der Waals surface area contributed by atoms with Crippen molar-refractivity contribution in [2.75, 3.05) is 0 Å². The van der Waals surface area contributed by atoms with E-state index in [1.165, 1.54) is 22.2 Å². The molecule has 3 nitrogen and oxygen atoms in total. The van der Waals surface area contributed by atoms with Crippen LogP contribution in [-0.4, -0.2) is 14.8 Å². The average Bonchev–Trinajstić information content (AvgIpc) is 2.74. The maximum atomic E-state index is 12.3. The van der Waals surface area contributed by atoms with Crippen molar-refractivity contribution < 1.29 is 13.2 Å². The van der Waals surface area contributed by atoms with Crippen LogP contribution >= 0.6 is 22.9 Å². The summed E-state index contributed by atoms with van der Waals surface area (Å²) in [6.45, 7) is 0.237. The molecule has 0 amide bonds. The van der Waals surface area contributed by atoms with Gasteiger partial charge in [0, 0.05) is 17.3 Å². The van der Waals surface area contributed by atoms with Gasteiger partial charge in [0.2, 0.25) is 0 Å². The second-order valence-corrected chi connectivity index (χ2v) is 4.70. The molecule has 0 saturated heterocycles. The van der Waals surface area contributed by atoms with E-state index >= 15 is 0 Å². The number of alkyl halides is 3. The molecule has 0 aromatic carbocycles. The number of halogens is 4. The van der Waals surface area contributed by atoms with E-state index in [1.54, 1.807) is 0 Å². The predicted octanol–water partition coefficient (Wildman–Crippen LogP) is 3.06. The Morgan fingerprint density at radius 1 is 1.38 bits per heavy atom. The van der Waals surface area contributed by atoms with E-state index in [0.29, 0.717) is 4.47 Å². The molecule has 2 heterocycles. The van der Waals surface area contributed by atoms with Crippen molar-refractivity contribution >= 4 is 22.9 Å². The summed E-state index contributed by atoms with van der Waals surface area (Å²) in [4.78, 5) is 4.54. The highest BCUT2D eigenvalue weighted by Crippen LogP contribution is 2.28. The monoisotopic (exact) mass is 267 g/mol. The van der Waals surface area contributed by atoms with E-state index in [-0.39, 0.29) is 6.54 Å². The molecule has 16 heavy (non-hydrogen) atoms. The molecular formula is C8H5ClF3N3S. The summed E-state index contributed by atoms with van der Waals surface area (Å²) in [5.41, 5.74) is -0.761. The third-order valence-electron chi connectivity index (χ3n) is 1.80. The van der Waals surface area contributed by atoms with Gasteiger partial charge < -0.3 is 0 Å². The Balaban J connectivity index is 2.14. The summed E-state index contributed by atoms with van der Waals surface area (Å²) in [7, 11) is 0. The number of rotatable bonds is 2. The Morgan fingerprint density at radius 2 is 2.12 bits per heavy atom. The Labute approximate surface area is 97.5 Å². The molecule has 0 bridgehead atoms. The summed E-state index contributed by atoms with van der Waals surface area (Å²) in [6.07, 6.45) is -1.10. The van der Waals surface area contributed by atoms with Crippen LogP contribution in [0.3, 0.4) is 0 Å². The van der Waals surface area contributed by atoms with Gasteiger partial charge in [-0.1, -0.05) is 11.6 Å². The van der Waals surface area contributed by atoms with Crippen LogP contribution in [-0.2, 0) is 12.7 Å². The highest BCUT2D eigenvalue weighted by Gasteiger charge is 2.32. The molecule has 2 rings (SSSR count). The van der Waals surface area contributed by atoms with Gasteiger partial charge in [0.25, 0.3) is 0 Å². The van der Waals surface area contributed by atoms with Gasteiger partial charge in [-0.3, -0.25) is 4.68 Å². The van der Waals surface area contributed by atoms with Crippen LogP contribution in [0.25, 0.3) is 0 Å². The molecular weight excluding hydrogens is 263 g/mol. The molecule has 0 saturated carbocycles. The lowest BCUT2D eigenvalue weighted by atomic mass is 10.4. The Morgan fingerprint density at radius 3 is 2.62 bits per heavy atom. The fourth-order valence-corrected chi connectivity index (χ4v) is 2.08.